The summed E-state index contributed by atoms with van der Waals surface area (Å²) in [7, 11) is 0. The Balaban J connectivity index is 1.60. The summed E-state index contributed by atoms with van der Waals surface area (Å²) in [5.74, 6) is 0. The second kappa shape index (κ2) is 9.26. The molecule has 8 heteroatoms. The average Bonchev–Trinajstić information content (AvgIpc) is 3.37. The first-order chi connectivity index (χ1) is 14.9. The van der Waals surface area contributed by atoms with E-state index in [1.165, 1.54) is 29.2 Å². The van der Waals surface area contributed by atoms with Gasteiger partial charge in [-0.05, 0) is 49.5 Å². The van der Waals surface area contributed by atoms with E-state index in [1.807, 2.05) is 31.2 Å². The monoisotopic (exact) mass is 432 g/mol. The van der Waals surface area contributed by atoms with Crippen molar-refractivity contribution in [2.45, 2.75) is 51.9 Å². The quantitative estimate of drug-likeness (QED) is 0.455. The molecular weight excluding hydrogens is 405 g/mol. The number of ether oxygens (including phenoxy) is 1. The Morgan fingerprint density at radius 1 is 1.03 bits per heavy atom. The van der Waals surface area contributed by atoms with Crippen LogP contribution in [0.15, 0.2) is 36.5 Å². The highest BCUT2D eigenvalue weighted by Crippen LogP contribution is 2.34. The summed E-state index contributed by atoms with van der Waals surface area (Å²) >= 11 is 0. The molecule has 2 aromatic heterocycles. The second-order valence-electron chi connectivity index (χ2n) is 8.05. The van der Waals surface area contributed by atoms with E-state index >= 15 is 0 Å². The van der Waals surface area contributed by atoms with E-state index in [9.17, 15) is 13.2 Å². The number of hydrogen-bond donors (Lipinski definition) is 0. The third-order valence-electron chi connectivity index (χ3n) is 5.60. The van der Waals surface area contributed by atoms with Gasteiger partial charge in [-0.15, -0.1) is 0 Å². The van der Waals surface area contributed by atoms with Gasteiger partial charge < -0.3 is 9.30 Å². The number of unbranched alkanes of at least 4 members (excludes halogenated alkanes) is 1. The molecule has 1 aliphatic heterocycles. The highest BCUT2D eigenvalue weighted by atomic mass is 19.4. The van der Waals surface area contributed by atoms with Crippen LogP contribution in [0.4, 0.5) is 13.2 Å². The van der Waals surface area contributed by atoms with Crippen molar-refractivity contribution in [2.75, 3.05) is 19.7 Å². The molecule has 3 aromatic rings. The fourth-order valence-corrected chi connectivity index (χ4v) is 3.93. The lowest BCUT2D eigenvalue weighted by atomic mass is 10.1. The zero-order valence-electron chi connectivity index (χ0n) is 17.7. The molecule has 1 aliphatic rings. The minimum absolute atomic E-state index is 0.0771. The van der Waals surface area contributed by atoms with E-state index < -0.39 is 11.9 Å². The van der Waals surface area contributed by atoms with E-state index in [4.69, 9.17) is 4.74 Å². The lowest BCUT2D eigenvalue weighted by Crippen LogP contribution is -2.18. The maximum atomic E-state index is 13.7. The van der Waals surface area contributed by atoms with Crippen LogP contribution in [0.5, 0.6) is 6.01 Å². The highest BCUT2D eigenvalue weighted by molar-refractivity contribution is 5.77. The SMILES string of the molecule is CCCCOc1ncc2cc(C(F)(F)F)n(Cc3ccc(CN4CCCC4)cc3)c2n1. The average molecular weight is 432 g/mol. The number of nitrogens with zero attached hydrogens (tertiary/aromatic N) is 4. The molecule has 0 amide bonds. The van der Waals surface area contributed by atoms with Gasteiger partial charge in [-0.2, -0.15) is 18.2 Å². The fraction of sp³-hybridized carbons (Fsp3) is 0.478. The third kappa shape index (κ3) is 5.18. The number of benzene rings is 1. The largest absolute Gasteiger partial charge is 0.463 e. The van der Waals surface area contributed by atoms with Crippen molar-refractivity contribution < 1.29 is 17.9 Å². The van der Waals surface area contributed by atoms with Gasteiger partial charge in [0.05, 0.1) is 6.61 Å². The molecule has 5 nitrogen and oxygen atoms in total. The van der Waals surface area contributed by atoms with Gasteiger partial charge in [-0.3, -0.25) is 4.90 Å². The smallest absolute Gasteiger partial charge is 0.431 e. The summed E-state index contributed by atoms with van der Waals surface area (Å²) in [4.78, 5) is 10.7. The molecule has 0 spiro atoms. The maximum absolute atomic E-state index is 13.7. The summed E-state index contributed by atoms with van der Waals surface area (Å²) < 4.78 is 47.9. The molecule has 166 valence electrons. The van der Waals surface area contributed by atoms with Gasteiger partial charge in [0.25, 0.3) is 0 Å². The molecule has 1 fully saturated rings. The lowest BCUT2D eigenvalue weighted by Gasteiger charge is -2.16. The Bertz CT molecular complexity index is 1010. The highest BCUT2D eigenvalue weighted by Gasteiger charge is 2.36. The Morgan fingerprint density at radius 3 is 2.35 bits per heavy atom. The summed E-state index contributed by atoms with van der Waals surface area (Å²) in [6.45, 7) is 5.64. The number of hydrogen-bond acceptors (Lipinski definition) is 4. The van der Waals surface area contributed by atoms with Crippen LogP contribution in [0.3, 0.4) is 0 Å². The Morgan fingerprint density at radius 2 is 1.71 bits per heavy atom. The van der Waals surface area contributed by atoms with Crippen molar-refractivity contribution in [1.82, 2.24) is 19.4 Å². The number of fused-ring (bicyclic) bond motifs is 1. The second-order valence-corrected chi connectivity index (χ2v) is 8.05. The topological polar surface area (TPSA) is 43.2 Å². The van der Waals surface area contributed by atoms with E-state index in [0.29, 0.717) is 12.0 Å². The van der Waals surface area contributed by atoms with Crippen LogP contribution in [-0.4, -0.2) is 39.1 Å². The summed E-state index contributed by atoms with van der Waals surface area (Å²) in [6, 6.07) is 9.01. The van der Waals surface area contributed by atoms with Crippen molar-refractivity contribution in [3.8, 4) is 6.01 Å². The summed E-state index contributed by atoms with van der Waals surface area (Å²) in [6.07, 6.45) is 1.15. The van der Waals surface area contributed by atoms with Gasteiger partial charge in [-0.1, -0.05) is 37.6 Å². The van der Waals surface area contributed by atoms with Crippen LogP contribution < -0.4 is 4.74 Å². The van der Waals surface area contributed by atoms with Gasteiger partial charge in [0.1, 0.15) is 11.3 Å². The number of alkyl halides is 3. The van der Waals surface area contributed by atoms with Crippen LogP contribution in [0.1, 0.15) is 49.4 Å². The first-order valence-corrected chi connectivity index (χ1v) is 10.8. The number of halogens is 3. The fourth-order valence-electron chi connectivity index (χ4n) is 3.93. The Hall–Kier alpha value is -2.61. The van der Waals surface area contributed by atoms with E-state index in [-0.39, 0.29) is 18.2 Å². The molecule has 0 atom stereocenters. The van der Waals surface area contributed by atoms with Crippen molar-refractivity contribution in [2.24, 2.45) is 0 Å². The van der Waals surface area contributed by atoms with Gasteiger partial charge in [0.15, 0.2) is 0 Å². The molecule has 0 saturated carbocycles. The minimum atomic E-state index is -4.49. The zero-order chi connectivity index (χ0) is 21.8. The summed E-state index contributed by atoms with van der Waals surface area (Å²) in [5.41, 5.74) is 1.46. The summed E-state index contributed by atoms with van der Waals surface area (Å²) in [5, 5.41) is 0.348. The van der Waals surface area contributed by atoms with Crippen molar-refractivity contribution in [3.63, 3.8) is 0 Å². The molecule has 1 aromatic carbocycles. The van der Waals surface area contributed by atoms with Gasteiger partial charge >= 0.3 is 12.2 Å². The molecule has 31 heavy (non-hydrogen) atoms. The lowest BCUT2D eigenvalue weighted by molar-refractivity contribution is -0.143. The first kappa shape index (κ1) is 21.6. The minimum Gasteiger partial charge on any atom is -0.463 e. The van der Waals surface area contributed by atoms with Crippen LogP contribution in [0.2, 0.25) is 0 Å². The molecule has 0 aliphatic carbocycles. The molecule has 0 radical (unpaired) electrons. The normalized spacial score (nSPS) is 15.1. The third-order valence-corrected chi connectivity index (χ3v) is 5.60. The van der Waals surface area contributed by atoms with Crippen LogP contribution in [0, 0.1) is 0 Å². The maximum Gasteiger partial charge on any atom is 0.431 e. The molecule has 3 heterocycles. The Labute approximate surface area is 179 Å². The van der Waals surface area contributed by atoms with E-state index in [0.717, 1.165) is 44.1 Å². The van der Waals surface area contributed by atoms with E-state index in [1.54, 1.807) is 0 Å². The van der Waals surface area contributed by atoms with Crippen LogP contribution in [0.25, 0.3) is 11.0 Å². The molecule has 4 rings (SSSR count). The predicted molar refractivity (Wildman–Crippen MR) is 113 cm³/mol. The van der Waals surface area contributed by atoms with Crippen molar-refractivity contribution in [3.05, 3.63) is 53.3 Å². The predicted octanol–water partition coefficient (Wildman–Crippen LogP) is 5.27. The van der Waals surface area contributed by atoms with Crippen LogP contribution >= 0.6 is 0 Å². The van der Waals surface area contributed by atoms with Gasteiger partial charge in [0, 0.05) is 24.7 Å². The number of likely N-dealkylation sites (tertiary alicyclic amines) is 1. The molecule has 0 N–H and O–H groups in total. The standard InChI is InChI=1S/C23H27F3N4O/c1-2-3-12-31-22-27-14-19-13-20(23(24,25)26)30(21(19)28-22)16-18-8-6-17(7-9-18)15-29-10-4-5-11-29/h6-9,13-14H,2-5,10-12,15-16H2,1H3. The first-order valence-electron chi connectivity index (χ1n) is 10.8. The van der Waals surface area contributed by atoms with Gasteiger partial charge in [-0.25, -0.2) is 4.98 Å². The zero-order valence-corrected chi connectivity index (χ0v) is 17.7. The van der Waals surface area contributed by atoms with Crippen LogP contribution in [-0.2, 0) is 19.3 Å². The van der Waals surface area contributed by atoms with Crippen molar-refractivity contribution >= 4 is 11.0 Å². The molecule has 0 unspecified atom stereocenters. The number of rotatable bonds is 8. The van der Waals surface area contributed by atoms with Crippen molar-refractivity contribution in [1.29, 1.82) is 0 Å². The molecule has 0 bridgehead atoms. The Kier molecular flexibility index (Phi) is 6.46. The van der Waals surface area contributed by atoms with Gasteiger partial charge in [0.2, 0.25) is 0 Å². The number of aromatic nitrogens is 3. The van der Waals surface area contributed by atoms with E-state index in [2.05, 4.69) is 14.9 Å². The molecular formula is C23H27F3N4O. The molecule has 1 saturated heterocycles.